The van der Waals surface area contributed by atoms with E-state index in [1.54, 1.807) is 0 Å². The zero-order chi connectivity index (χ0) is 16.1. The average molecular weight is 436 g/mol. The van der Waals surface area contributed by atoms with Crippen LogP contribution in [-0.2, 0) is 11.2 Å². The largest absolute Gasteiger partial charge is 0.494 e. The van der Waals surface area contributed by atoms with Crippen molar-refractivity contribution in [2.45, 2.75) is 12.3 Å². The Morgan fingerprint density at radius 1 is 1.09 bits per heavy atom. The standard InChI is InChI=1S/C17H12Br2N2O2/c18-8-1-3-14-10(5-8)12(16(22)20-14)7-13-11-6-9(19)2-4-15(11)21-17(13)23/h1-6,12,21,23H,7H2,(H,20,22). The van der Waals surface area contributed by atoms with Gasteiger partial charge in [-0.1, -0.05) is 31.9 Å². The molecule has 1 amide bonds. The van der Waals surface area contributed by atoms with Gasteiger partial charge in [0, 0.05) is 31.1 Å². The van der Waals surface area contributed by atoms with Crippen LogP contribution in [0.2, 0.25) is 0 Å². The van der Waals surface area contributed by atoms with E-state index in [4.69, 9.17) is 0 Å². The number of hydrogen-bond acceptors (Lipinski definition) is 2. The van der Waals surface area contributed by atoms with Gasteiger partial charge in [-0.3, -0.25) is 4.79 Å². The number of fused-ring (bicyclic) bond motifs is 2. The number of nitrogens with one attached hydrogen (secondary N) is 2. The van der Waals surface area contributed by atoms with Crippen LogP contribution in [0, 0.1) is 0 Å². The number of H-pyrrole nitrogens is 1. The van der Waals surface area contributed by atoms with Gasteiger partial charge in [0.25, 0.3) is 0 Å². The Morgan fingerprint density at radius 3 is 2.65 bits per heavy atom. The van der Waals surface area contributed by atoms with E-state index in [1.807, 2.05) is 36.4 Å². The average Bonchev–Trinajstić information content (AvgIpc) is 2.98. The number of rotatable bonds is 2. The van der Waals surface area contributed by atoms with Gasteiger partial charge in [0.05, 0.1) is 5.92 Å². The summed E-state index contributed by atoms with van der Waals surface area (Å²) in [7, 11) is 0. The van der Waals surface area contributed by atoms with E-state index in [-0.39, 0.29) is 17.7 Å². The van der Waals surface area contributed by atoms with Crippen LogP contribution in [0.25, 0.3) is 10.9 Å². The number of hydrogen-bond donors (Lipinski definition) is 3. The first-order valence-electron chi connectivity index (χ1n) is 7.12. The molecule has 0 spiro atoms. The molecule has 3 aromatic rings. The third-order valence-electron chi connectivity index (χ3n) is 4.22. The highest BCUT2D eigenvalue weighted by Gasteiger charge is 2.32. The molecular formula is C17H12Br2N2O2. The van der Waals surface area contributed by atoms with Gasteiger partial charge in [-0.25, -0.2) is 0 Å². The molecule has 1 aliphatic rings. The molecular weight excluding hydrogens is 424 g/mol. The number of amides is 1. The molecule has 1 atom stereocenters. The first-order valence-corrected chi connectivity index (χ1v) is 8.71. The second-order valence-electron chi connectivity index (χ2n) is 5.62. The molecule has 0 saturated carbocycles. The summed E-state index contributed by atoms with van der Waals surface area (Å²) in [5.41, 5.74) is 3.40. The lowest BCUT2D eigenvalue weighted by Gasteiger charge is -2.09. The van der Waals surface area contributed by atoms with Gasteiger partial charge < -0.3 is 15.4 Å². The van der Waals surface area contributed by atoms with Crippen LogP contribution >= 0.6 is 31.9 Å². The first-order chi connectivity index (χ1) is 11.0. The summed E-state index contributed by atoms with van der Waals surface area (Å²) in [6.45, 7) is 0. The first kappa shape index (κ1) is 14.8. The molecule has 4 rings (SSSR count). The molecule has 0 aliphatic carbocycles. The van der Waals surface area contributed by atoms with Crippen LogP contribution < -0.4 is 5.32 Å². The summed E-state index contributed by atoms with van der Waals surface area (Å²) in [6, 6.07) is 11.5. The molecule has 1 aliphatic heterocycles. The van der Waals surface area contributed by atoms with Gasteiger partial charge in [0.2, 0.25) is 5.91 Å². The maximum atomic E-state index is 12.4. The van der Waals surface area contributed by atoms with Crippen molar-refractivity contribution in [3.05, 3.63) is 56.5 Å². The highest BCUT2D eigenvalue weighted by atomic mass is 79.9. The second-order valence-corrected chi connectivity index (χ2v) is 7.45. The van der Waals surface area contributed by atoms with Gasteiger partial charge in [-0.05, 0) is 48.4 Å². The van der Waals surface area contributed by atoms with Crippen molar-refractivity contribution in [1.29, 1.82) is 0 Å². The lowest BCUT2D eigenvalue weighted by molar-refractivity contribution is -0.117. The second kappa shape index (κ2) is 5.39. The van der Waals surface area contributed by atoms with E-state index < -0.39 is 0 Å². The molecule has 6 heteroatoms. The Hall–Kier alpha value is -1.79. The van der Waals surface area contributed by atoms with Gasteiger partial charge in [-0.2, -0.15) is 0 Å². The summed E-state index contributed by atoms with van der Waals surface area (Å²) in [5.74, 6) is -0.234. The zero-order valence-corrected chi connectivity index (χ0v) is 15.0. The minimum atomic E-state index is -0.314. The number of carbonyl (C=O) groups is 1. The molecule has 1 aromatic heterocycles. The van der Waals surface area contributed by atoms with Gasteiger partial charge in [-0.15, -0.1) is 0 Å². The summed E-state index contributed by atoms with van der Waals surface area (Å²) in [5, 5.41) is 14.1. The minimum absolute atomic E-state index is 0.0400. The Labute approximate surface area is 149 Å². The van der Waals surface area contributed by atoms with Crippen molar-refractivity contribution in [2.75, 3.05) is 5.32 Å². The molecule has 0 radical (unpaired) electrons. The Balaban J connectivity index is 1.80. The Bertz CT molecular complexity index is 949. The summed E-state index contributed by atoms with van der Waals surface area (Å²) in [4.78, 5) is 15.3. The number of carbonyl (C=O) groups excluding carboxylic acids is 1. The van der Waals surface area contributed by atoms with E-state index >= 15 is 0 Å². The zero-order valence-electron chi connectivity index (χ0n) is 11.9. The Morgan fingerprint density at radius 2 is 1.83 bits per heavy atom. The topological polar surface area (TPSA) is 65.1 Å². The monoisotopic (exact) mass is 434 g/mol. The smallest absolute Gasteiger partial charge is 0.232 e. The molecule has 2 heterocycles. The predicted octanol–water partition coefficient (Wildman–Crippen LogP) is 4.68. The maximum Gasteiger partial charge on any atom is 0.232 e. The van der Waals surface area contributed by atoms with Gasteiger partial charge in [0.15, 0.2) is 5.88 Å². The Kier molecular flexibility index (Phi) is 3.46. The molecule has 2 aromatic carbocycles. The van der Waals surface area contributed by atoms with E-state index in [0.717, 1.165) is 36.7 Å². The highest BCUT2D eigenvalue weighted by molar-refractivity contribution is 9.10. The molecule has 0 fully saturated rings. The molecule has 0 saturated heterocycles. The van der Waals surface area contributed by atoms with Crippen LogP contribution in [0.1, 0.15) is 17.0 Å². The summed E-state index contributed by atoms with van der Waals surface area (Å²) < 4.78 is 1.87. The number of benzene rings is 2. The normalized spacial score (nSPS) is 16.6. The van der Waals surface area contributed by atoms with Crippen molar-refractivity contribution in [1.82, 2.24) is 4.98 Å². The lowest BCUT2D eigenvalue weighted by Crippen LogP contribution is -2.14. The fourth-order valence-electron chi connectivity index (χ4n) is 3.12. The molecule has 1 unspecified atom stereocenters. The van der Waals surface area contributed by atoms with Crippen LogP contribution in [0.5, 0.6) is 5.88 Å². The van der Waals surface area contributed by atoms with Gasteiger partial charge in [0.1, 0.15) is 0 Å². The summed E-state index contributed by atoms with van der Waals surface area (Å²) >= 11 is 6.91. The lowest BCUT2D eigenvalue weighted by atomic mass is 9.93. The van der Waals surface area contributed by atoms with E-state index in [9.17, 15) is 9.90 Å². The van der Waals surface area contributed by atoms with E-state index in [1.165, 1.54) is 0 Å². The van der Waals surface area contributed by atoms with Crippen LogP contribution in [0.3, 0.4) is 0 Å². The third kappa shape index (κ3) is 2.46. The van der Waals surface area contributed by atoms with E-state index in [2.05, 4.69) is 42.2 Å². The van der Waals surface area contributed by atoms with Crippen molar-refractivity contribution >= 4 is 54.4 Å². The van der Waals surface area contributed by atoms with Gasteiger partial charge >= 0.3 is 0 Å². The molecule has 4 nitrogen and oxygen atoms in total. The number of anilines is 1. The molecule has 0 bridgehead atoms. The van der Waals surface area contributed by atoms with Crippen molar-refractivity contribution < 1.29 is 9.90 Å². The number of halogens is 2. The molecule has 116 valence electrons. The predicted molar refractivity (Wildman–Crippen MR) is 96.9 cm³/mol. The van der Waals surface area contributed by atoms with Crippen LogP contribution in [-0.4, -0.2) is 16.0 Å². The fraction of sp³-hybridized carbons (Fsp3) is 0.118. The SMILES string of the molecule is O=C1Nc2ccc(Br)cc2C1Cc1c(O)[nH]c2ccc(Br)cc12. The molecule has 3 N–H and O–H groups in total. The highest BCUT2D eigenvalue weighted by Crippen LogP contribution is 2.40. The van der Waals surface area contributed by atoms with Crippen molar-refractivity contribution in [3.63, 3.8) is 0 Å². The van der Waals surface area contributed by atoms with Crippen molar-refractivity contribution in [3.8, 4) is 5.88 Å². The minimum Gasteiger partial charge on any atom is -0.494 e. The molecule has 23 heavy (non-hydrogen) atoms. The van der Waals surface area contributed by atoms with Crippen LogP contribution in [0.15, 0.2) is 45.3 Å². The number of aromatic hydroxyl groups is 1. The number of aromatic amines is 1. The van der Waals surface area contributed by atoms with Crippen molar-refractivity contribution in [2.24, 2.45) is 0 Å². The van der Waals surface area contributed by atoms with Crippen LogP contribution in [0.4, 0.5) is 5.69 Å². The summed E-state index contributed by atoms with van der Waals surface area (Å²) in [6.07, 6.45) is 0.442. The number of aromatic nitrogens is 1. The third-order valence-corrected chi connectivity index (χ3v) is 5.20. The fourth-order valence-corrected chi connectivity index (χ4v) is 3.86. The van der Waals surface area contributed by atoms with E-state index in [0.29, 0.717) is 6.42 Å². The maximum absolute atomic E-state index is 12.4. The quantitative estimate of drug-likeness (QED) is 0.547.